The number of hydrogen-bond acceptors (Lipinski definition) is 4. The van der Waals surface area contributed by atoms with E-state index in [1.165, 1.54) is 12.8 Å². The van der Waals surface area contributed by atoms with Crippen molar-refractivity contribution in [1.82, 2.24) is 15.5 Å². The Morgan fingerprint density at radius 1 is 1.48 bits per heavy atom. The van der Waals surface area contributed by atoms with Gasteiger partial charge in [0.2, 0.25) is 5.91 Å². The van der Waals surface area contributed by atoms with Gasteiger partial charge in [0.05, 0.1) is 18.3 Å². The molecule has 116 valence electrons. The van der Waals surface area contributed by atoms with E-state index in [-0.39, 0.29) is 23.4 Å². The van der Waals surface area contributed by atoms with E-state index in [0.717, 1.165) is 31.9 Å². The molecule has 3 heterocycles. The van der Waals surface area contributed by atoms with Crippen molar-refractivity contribution in [3.05, 3.63) is 24.2 Å². The molecule has 0 radical (unpaired) electrons. The van der Waals surface area contributed by atoms with Gasteiger partial charge in [-0.05, 0) is 38.1 Å². The first-order valence-electron chi connectivity index (χ1n) is 7.86. The summed E-state index contributed by atoms with van der Waals surface area (Å²) in [5.74, 6) is 1.10. The second-order valence-electron chi connectivity index (χ2n) is 6.82. The van der Waals surface area contributed by atoms with Crippen molar-refractivity contribution < 1.29 is 9.21 Å². The number of amides is 1. The van der Waals surface area contributed by atoms with Crippen molar-refractivity contribution >= 4 is 5.91 Å². The van der Waals surface area contributed by atoms with Crippen LogP contribution in [0.4, 0.5) is 0 Å². The minimum absolute atomic E-state index is 0.0458. The van der Waals surface area contributed by atoms with E-state index in [0.29, 0.717) is 0 Å². The fraction of sp³-hybridized carbons (Fsp3) is 0.688. The summed E-state index contributed by atoms with van der Waals surface area (Å²) in [6.07, 6.45) is 4.21. The molecular weight excluding hydrogens is 266 g/mol. The summed E-state index contributed by atoms with van der Waals surface area (Å²) in [5.41, 5.74) is -0.0458. The first kappa shape index (κ1) is 14.6. The highest BCUT2D eigenvalue weighted by Crippen LogP contribution is 2.28. The molecule has 2 aliphatic rings. The van der Waals surface area contributed by atoms with Gasteiger partial charge < -0.3 is 15.1 Å². The van der Waals surface area contributed by atoms with Crippen molar-refractivity contribution in [2.45, 2.75) is 38.8 Å². The van der Waals surface area contributed by atoms with Gasteiger partial charge in [-0.1, -0.05) is 13.8 Å². The highest BCUT2D eigenvalue weighted by molar-refractivity contribution is 5.85. The SMILES string of the molecule is CC1(C)CNC(=O)C1NCC(c1ccco1)N1CCCC1. The van der Waals surface area contributed by atoms with E-state index in [2.05, 4.69) is 29.4 Å². The molecule has 3 rings (SSSR count). The van der Waals surface area contributed by atoms with Crippen LogP contribution in [0.5, 0.6) is 0 Å². The summed E-state index contributed by atoms with van der Waals surface area (Å²) in [4.78, 5) is 14.4. The number of nitrogens with zero attached hydrogens (tertiary/aromatic N) is 1. The van der Waals surface area contributed by atoms with Gasteiger partial charge in [0.25, 0.3) is 0 Å². The summed E-state index contributed by atoms with van der Waals surface area (Å²) in [7, 11) is 0. The first-order chi connectivity index (χ1) is 10.1. The average molecular weight is 291 g/mol. The zero-order valence-electron chi connectivity index (χ0n) is 12.9. The lowest BCUT2D eigenvalue weighted by Gasteiger charge is -2.30. The van der Waals surface area contributed by atoms with E-state index >= 15 is 0 Å². The van der Waals surface area contributed by atoms with Crippen molar-refractivity contribution in [2.75, 3.05) is 26.2 Å². The second kappa shape index (κ2) is 5.81. The molecule has 0 aliphatic carbocycles. The fourth-order valence-electron chi connectivity index (χ4n) is 3.42. The Hall–Kier alpha value is -1.33. The molecule has 2 aliphatic heterocycles. The predicted molar refractivity (Wildman–Crippen MR) is 80.8 cm³/mol. The third-order valence-electron chi connectivity index (χ3n) is 4.73. The quantitative estimate of drug-likeness (QED) is 0.864. The Bertz CT molecular complexity index is 478. The Labute approximate surface area is 126 Å². The number of carbonyl (C=O) groups excluding carboxylic acids is 1. The van der Waals surface area contributed by atoms with Crippen LogP contribution >= 0.6 is 0 Å². The topological polar surface area (TPSA) is 57.5 Å². The maximum Gasteiger partial charge on any atom is 0.237 e. The maximum absolute atomic E-state index is 12.0. The van der Waals surface area contributed by atoms with Crippen LogP contribution in [-0.2, 0) is 4.79 Å². The van der Waals surface area contributed by atoms with Crippen molar-refractivity contribution in [3.63, 3.8) is 0 Å². The van der Waals surface area contributed by atoms with Gasteiger partial charge in [-0.25, -0.2) is 0 Å². The van der Waals surface area contributed by atoms with Crippen molar-refractivity contribution in [2.24, 2.45) is 5.41 Å². The van der Waals surface area contributed by atoms with E-state index in [9.17, 15) is 4.79 Å². The number of nitrogens with one attached hydrogen (secondary N) is 2. The van der Waals surface area contributed by atoms with Gasteiger partial charge in [-0.3, -0.25) is 9.69 Å². The summed E-state index contributed by atoms with van der Waals surface area (Å²) in [5, 5.41) is 6.42. The molecule has 1 amide bonds. The molecule has 2 N–H and O–H groups in total. The van der Waals surface area contributed by atoms with Gasteiger partial charge in [0, 0.05) is 18.5 Å². The smallest absolute Gasteiger partial charge is 0.237 e. The molecule has 0 bridgehead atoms. The fourth-order valence-corrected chi connectivity index (χ4v) is 3.42. The lowest BCUT2D eigenvalue weighted by atomic mass is 9.87. The van der Waals surface area contributed by atoms with E-state index < -0.39 is 0 Å². The van der Waals surface area contributed by atoms with Gasteiger partial charge in [-0.2, -0.15) is 0 Å². The number of hydrogen-bond donors (Lipinski definition) is 2. The molecule has 21 heavy (non-hydrogen) atoms. The van der Waals surface area contributed by atoms with Crippen LogP contribution in [0, 0.1) is 5.41 Å². The summed E-state index contributed by atoms with van der Waals surface area (Å²) in [6.45, 7) is 7.94. The van der Waals surface area contributed by atoms with Crippen LogP contribution < -0.4 is 10.6 Å². The average Bonchev–Trinajstić information content (AvgIpc) is 3.16. The molecule has 1 aromatic heterocycles. The number of furan rings is 1. The molecular formula is C16H25N3O2. The minimum Gasteiger partial charge on any atom is -0.468 e. The Morgan fingerprint density at radius 3 is 2.81 bits per heavy atom. The largest absolute Gasteiger partial charge is 0.468 e. The zero-order valence-corrected chi connectivity index (χ0v) is 12.9. The Morgan fingerprint density at radius 2 is 2.24 bits per heavy atom. The first-order valence-corrected chi connectivity index (χ1v) is 7.86. The summed E-state index contributed by atoms with van der Waals surface area (Å²) in [6, 6.07) is 4.05. The molecule has 0 saturated carbocycles. The third kappa shape index (κ3) is 2.99. The Balaban J connectivity index is 1.69. The van der Waals surface area contributed by atoms with E-state index in [1.807, 2.05) is 12.1 Å². The third-order valence-corrected chi connectivity index (χ3v) is 4.73. The number of carbonyl (C=O) groups is 1. The summed E-state index contributed by atoms with van der Waals surface area (Å²) >= 11 is 0. The molecule has 2 saturated heterocycles. The standard InChI is InChI=1S/C16H25N3O2/c1-16(2)11-18-15(20)14(16)17-10-12(13-6-5-9-21-13)19-7-3-4-8-19/h5-6,9,12,14,17H,3-4,7-8,10-11H2,1-2H3,(H,18,20). The molecule has 5 heteroatoms. The highest BCUT2D eigenvalue weighted by atomic mass is 16.3. The van der Waals surface area contributed by atoms with Crippen LogP contribution in [0.25, 0.3) is 0 Å². The van der Waals surface area contributed by atoms with Crippen LogP contribution in [0.2, 0.25) is 0 Å². The summed E-state index contributed by atoms with van der Waals surface area (Å²) < 4.78 is 5.62. The molecule has 2 fully saturated rings. The van der Waals surface area contributed by atoms with Crippen LogP contribution in [0.15, 0.2) is 22.8 Å². The van der Waals surface area contributed by atoms with Gasteiger partial charge in [0.1, 0.15) is 5.76 Å². The molecule has 0 aromatic carbocycles. The number of likely N-dealkylation sites (tertiary alicyclic amines) is 1. The van der Waals surface area contributed by atoms with Gasteiger partial charge in [0.15, 0.2) is 0 Å². The van der Waals surface area contributed by atoms with Gasteiger partial charge >= 0.3 is 0 Å². The van der Waals surface area contributed by atoms with E-state index in [1.54, 1.807) is 6.26 Å². The molecule has 2 atom stereocenters. The lowest BCUT2D eigenvalue weighted by molar-refractivity contribution is -0.121. The second-order valence-corrected chi connectivity index (χ2v) is 6.82. The molecule has 2 unspecified atom stereocenters. The number of rotatable bonds is 5. The van der Waals surface area contributed by atoms with Crippen LogP contribution in [0.3, 0.4) is 0 Å². The predicted octanol–water partition coefficient (Wildman–Crippen LogP) is 1.53. The van der Waals surface area contributed by atoms with Crippen LogP contribution in [0.1, 0.15) is 38.5 Å². The maximum atomic E-state index is 12.0. The van der Waals surface area contributed by atoms with Crippen LogP contribution in [-0.4, -0.2) is 43.0 Å². The Kier molecular flexibility index (Phi) is 4.04. The highest BCUT2D eigenvalue weighted by Gasteiger charge is 2.41. The minimum atomic E-state index is -0.127. The zero-order chi connectivity index (χ0) is 14.9. The lowest BCUT2D eigenvalue weighted by Crippen LogP contribution is -2.47. The normalized spacial score (nSPS) is 27.0. The van der Waals surface area contributed by atoms with E-state index in [4.69, 9.17) is 4.42 Å². The molecule has 5 nitrogen and oxygen atoms in total. The van der Waals surface area contributed by atoms with Gasteiger partial charge in [-0.15, -0.1) is 0 Å². The van der Waals surface area contributed by atoms with Crippen molar-refractivity contribution in [3.8, 4) is 0 Å². The van der Waals surface area contributed by atoms with Crippen molar-refractivity contribution in [1.29, 1.82) is 0 Å². The molecule has 1 aromatic rings. The molecule has 0 spiro atoms. The monoisotopic (exact) mass is 291 g/mol.